The molecule has 2 rings (SSSR count). The van der Waals surface area contributed by atoms with Crippen LogP contribution in [0.25, 0.3) is 0 Å². The summed E-state index contributed by atoms with van der Waals surface area (Å²) in [4.78, 5) is 6.84. The van der Waals surface area contributed by atoms with Crippen LogP contribution in [0.4, 0.5) is 0 Å². The van der Waals surface area contributed by atoms with E-state index in [4.69, 9.17) is 23.2 Å². The maximum Gasteiger partial charge on any atom is 0.135 e. The summed E-state index contributed by atoms with van der Waals surface area (Å²) >= 11 is 11.9. The van der Waals surface area contributed by atoms with Gasteiger partial charge in [-0.05, 0) is 23.8 Å². The summed E-state index contributed by atoms with van der Waals surface area (Å²) < 4.78 is 0. The van der Waals surface area contributed by atoms with Gasteiger partial charge in [-0.1, -0.05) is 23.2 Å². The molecule has 1 atom stereocenters. The van der Waals surface area contributed by atoms with E-state index in [1.807, 2.05) is 0 Å². The first-order chi connectivity index (χ1) is 7.66. The number of hydrogen-bond donors (Lipinski definition) is 2. The van der Waals surface area contributed by atoms with Crippen molar-refractivity contribution in [2.45, 2.75) is 12.5 Å². The highest BCUT2D eigenvalue weighted by Gasteiger charge is 2.13. The van der Waals surface area contributed by atoms with Gasteiger partial charge < -0.3 is 10.1 Å². The summed E-state index contributed by atoms with van der Waals surface area (Å²) in [6.45, 7) is 0. The Hall–Kier alpha value is -1.03. The molecule has 1 heterocycles. The number of imidazole rings is 1. The highest BCUT2D eigenvalue weighted by molar-refractivity contribution is 6.33. The number of H-pyrrole nitrogens is 1. The minimum Gasteiger partial charge on any atom is -0.385 e. The zero-order chi connectivity index (χ0) is 11.5. The van der Waals surface area contributed by atoms with Crippen LogP contribution in [0.1, 0.15) is 17.5 Å². The molecule has 0 saturated carbocycles. The van der Waals surface area contributed by atoms with Crippen LogP contribution in [0.3, 0.4) is 0 Å². The minimum absolute atomic E-state index is 0.382. The number of nitrogens with one attached hydrogen (secondary N) is 1. The van der Waals surface area contributed by atoms with E-state index in [0.717, 1.165) is 5.56 Å². The van der Waals surface area contributed by atoms with E-state index in [2.05, 4.69) is 9.97 Å². The number of aliphatic hydroxyl groups excluding tert-OH is 1. The molecule has 0 bridgehead atoms. The molecular formula is C11H10Cl2N2O. The van der Waals surface area contributed by atoms with Gasteiger partial charge in [-0.3, -0.25) is 0 Å². The fraction of sp³-hybridized carbons (Fsp3) is 0.182. The Morgan fingerprint density at radius 2 is 2.19 bits per heavy atom. The lowest BCUT2D eigenvalue weighted by molar-refractivity contribution is 0.169. The molecule has 0 saturated heterocycles. The summed E-state index contributed by atoms with van der Waals surface area (Å²) in [5.74, 6) is 0.524. The van der Waals surface area contributed by atoms with Crippen LogP contribution in [0.2, 0.25) is 10.0 Å². The topological polar surface area (TPSA) is 48.9 Å². The van der Waals surface area contributed by atoms with Gasteiger partial charge in [0.2, 0.25) is 0 Å². The fourth-order valence-electron chi connectivity index (χ4n) is 1.46. The number of aliphatic hydroxyl groups is 1. The molecule has 2 N–H and O–H groups in total. The van der Waals surface area contributed by atoms with Gasteiger partial charge in [-0.15, -0.1) is 0 Å². The third-order valence-electron chi connectivity index (χ3n) is 2.26. The molecule has 0 spiro atoms. The molecule has 0 aliphatic heterocycles. The maximum absolute atomic E-state index is 9.88. The van der Waals surface area contributed by atoms with Crippen LogP contribution in [-0.2, 0) is 6.42 Å². The number of benzene rings is 1. The summed E-state index contributed by atoms with van der Waals surface area (Å²) in [7, 11) is 0. The summed E-state index contributed by atoms with van der Waals surface area (Å²) in [5.41, 5.74) is 0.804. The van der Waals surface area contributed by atoms with Crippen LogP contribution in [0.15, 0.2) is 30.6 Å². The summed E-state index contributed by atoms with van der Waals surface area (Å²) in [6, 6.07) is 5.18. The van der Waals surface area contributed by atoms with Gasteiger partial charge in [0, 0.05) is 28.9 Å². The van der Waals surface area contributed by atoms with E-state index < -0.39 is 6.10 Å². The zero-order valence-corrected chi connectivity index (χ0v) is 9.83. The van der Waals surface area contributed by atoms with Gasteiger partial charge in [0.15, 0.2) is 0 Å². The normalized spacial score (nSPS) is 12.7. The Labute approximate surface area is 103 Å². The van der Waals surface area contributed by atoms with E-state index in [1.165, 1.54) is 0 Å². The monoisotopic (exact) mass is 256 g/mol. The molecular weight excluding hydrogens is 247 g/mol. The van der Waals surface area contributed by atoms with E-state index in [1.54, 1.807) is 30.6 Å². The number of aromatic nitrogens is 2. The number of aromatic amines is 1. The lowest BCUT2D eigenvalue weighted by Crippen LogP contribution is -2.04. The second kappa shape index (κ2) is 4.87. The standard InChI is InChI=1S/C11H10Cl2N2O/c12-8-1-2-9(13)7(5-8)6-10(16)11-14-3-4-15-11/h1-5,10,16H,6H2,(H,14,15). The molecule has 1 aromatic carbocycles. The van der Waals surface area contributed by atoms with Gasteiger partial charge in [0.25, 0.3) is 0 Å². The highest BCUT2D eigenvalue weighted by Crippen LogP contribution is 2.24. The SMILES string of the molecule is OC(Cc1cc(Cl)ccc1Cl)c1ncc[nH]1. The summed E-state index contributed by atoms with van der Waals surface area (Å²) in [6.07, 6.45) is 2.94. The number of halogens is 2. The lowest BCUT2D eigenvalue weighted by Gasteiger charge is -2.09. The van der Waals surface area contributed by atoms with Crippen molar-refractivity contribution in [1.82, 2.24) is 9.97 Å². The minimum atomic E-state index is -0.703. The van der Waals surface area contributed by atoms with Crippen molar-refractivity contribution >= 4 is 23.2 Å². The molecule has 0 fully saturated rings. The molecule has 0 aliphatic carbocycles. The van der Waals surface area contributed by atoms with Crippen molar-refractivity contribution in [2.75, 3.05) is 0 Å². The molecule has 2 aromatic rings. The Morgan fingerprint density at radius 3 is 2.88 bits per heavy atom. The Kier molecular flexibility index (Phi) is 3.49. The van der Waals surface area contributed by atoms with Gasteiger partial charge in [-0.25, -0.2) is 4.98 Å². The molecule has 84 valence electrons. The quantitative estimate of drug-likeness (QED) is 0.887. The van der Waals surface area contributed by atoms with E-state index in [-0.39, 0.29) is 0 Å². The van der Waals surface area contributed by atoms with E-state index in [0.29, 0.717) is 22.3 Å². The van der Waals surface area contributed by atoms with Crippen molar-refractivity contribution in [3.8, 4) is 0 Å². The second-order valence-electron chi connectivity index (χ2n) is 3.43. The molecule has 0 aliphatic rings. The molecule has 0 amide bonds. The van der Waals surface area contributed by atoms with Gasteiger partial charge in [0.05, 0.1) is 0 Å². The average Bonchev–Trinajstić information content (AvgIpc) is 2.76. The first kappa shape index (κ1) is 11.5. The first-order valence-electron chi connectivity index (χ1n) is 4.78. The molecule has 1 aromatic heterocycles. The second-order valence-corrected chi connectivity index (χ2v) is 4.27. The van der Waals surface area contributed by atoms with Crippen molar-refractivity contribution in [3.05, 3.63) is 52.0 Å². The lowest BCUT2D eigenvalue weighted by atomic mass is 10.1. The molecule has 1 unspecified atom stereocenters. The third-order valence-corrected chi connectivity index (χ3v) is 2.86. The van der Waals surface area contributed by atoms with Crippen molar-refractivity contribution in [3.63, 3.8) is 0 Å². The maximum atomic E-state index is 9.88. The van der Waals surface area contributed by atoms with Crippen LogP contribution >= 0.6 is 23.2 Å². The van der Waals surface area contributed by atoms with Crippen LogP contribution < -0.4 is 0 Å². The molecule has 0 radical (unpaired) electrons. The zero-order valence-electron chi connectivity index (χ0n) is 8.32. The van der Waals surface area contributed by atoms with E-state index >= 15 is 0 Å². The predicted octanol–water partition coefficient (Wildman–Crippen LogP) is 2.99. The average molecular weight is 257 g/mol. The van der Waals surface area contributed by atoms with E-state index in [9.17, 15) is 5.11 Å². The third kappa shape index (κ3) is 2.55. The van der Waals surface area contributed by atoms with Crippen LogP contribution in [0, 0.1) is 0 Å². The van der Waals surface area contributed by atoms with Crippen molar-refractivity contribution in [1.29, 1.82) is 0 Å². The highest BCUT2D eigenvalue weighted by atomic mass is 35.5. The Balaban J connectivity index is 2.17. The van der Waals surface area contributed by atoms with Crippen LogP contribution in [0.5, 0.6) is 0 Å². The molecule has 3 nitrogen and oxygen atoms in total. The van der Waals surface area contributed by atoms with Gasteiger partial charge >= 0.3 is 0 Å². The number of hydrogen-bond acceptors (Lipinski definition) is 2. The molecule has 16 heavy (non-hydrogen) atoms. The molecule has 5 heteroatoms. The largest absolute Gasteiger partial charge is 0.385 e. The fourth-order valence-corrected chi connectivity index (χ4v) is 1.85. The Bertz CT molecular complexity index is 471. The van der Waals surface area contributed by atoms with Crippen molar-refractivity contribution in [2.24, 2.45) is 0 Å². The number of rotatable bonds is 3. The summed E-state index contributed by atoms with van der Waals surface area (Å²) in [5, 5.41) is 11.1. The smallest absolute Gasteiger partial charge is 0.135 e. The van der Waals surface area contributed by atoms with Gasteiger partial charge in [-0.2, -0.15) is 0 Å². The van der Waals surface area contributed by atoms with Crippen molar-refractivity contribution < 1.29 is 5.11 Å². The Morgan fingerprint density at radius 1 is 1.38 bits per heavy atom. The first-order valence-corrected chi connectivity index (χ1v) is 5.53. The predicted molar refractivity (Wildman–Crippen MR) is 63.7 cm³/mol. The van der Waals surface area contributed by atoms with Crippen LogP contribution in [-0.4, -0.2) is 15.1 Å². The van der Waals surface area contributed by atoms with Gasteiger partial charge in [0.1, 0.15) is 11.9 Å². The number of nitrogens with zero attached hydrogens (tertiary/aromatic N) is 1.